The lowest BCUT2D eigenvalue weighted by Gasteiger charge is -2.22. The van der Waals surface area contributed by atoms with Crippen LogP contribution in [0, 0.1) is 5.92 Å². The number of ether oxygens (including phenoxy) is 1. The third kappa shape index (κ3) is 5.19. The molecular formula is C15H21ClN2O5S. The Morgan fingerprint density at radius 1 is 1.29 bits per heavy atom. The lowest BCUT2D eigenvalue weighted by Crippen LogP contribution is -2.37. The van der Waals surface area contributed by atoms with E-state index < -0.39 is 15.8 Å². The Bertz CT molecular complexity index is 715. The summed E-state index contributed by atoms with van der Waals surface area (Å²) in [5.41, 5.74) is 0.344. The number of rotatable bonds is 4. The Hall–Kier alpha value is -1.64. The van der Waals surface area contributed by atoms with Crippen molar-refractivity contribution in [2.45, 2.75) is 17.7 Å². The van der Waals surface area contributed by atoms with E-state index in [0.717, 1.165) is 25.6 Å². The van der Waals surface area contributed by atoms with Crippen LogP contribution in [0.4, 0.5) is 5.69 Å². The van der Waals surface area contributed by atoms with Crippen LogP contribution in [0.5, 0.6) is 0 Å². The molecule has 1 aromatic rings. The van der Waals surface area contributed by atoms with E-state index >= 15 is 0 Å². The fourth-order valence-corrected chi connectivity index (χ4v) is 3.12. The average molecular weight is 377 g/mol. The molecule has 1 aliphatic rings. The largest absolute Gasteiger partial charge is 0.465 e. The van der Waals surface area contributed by atoms with Crippen LogP contribution < -0.4 is 10.6 Å². The lowest BCUT2D eigenvalue weighted by molar-refractivity contribution is -0.120. The van der Waals surface area contributed by atoms with Crippen LogP contribution in [-0.2, 0) is 19.4 Å². The zero-order valence-corrected chi connectivity index (χ0v) is 15.1. The van der Waals surface area contributed by atoms with E-state index in [0.29, 0.717) is 6.54 Å². The number of hydrogen-bond acceptors (Lipinski definition) is 6. The number of esters is 1. The van der Waals surface area contributed by atoms with Gasteiger partial charge in [-0.15, -0.1) is 12.4 Å². The summed E-state index contributed by atoms with van der Waals surface area (Å²) in [5, 5.41) is 5.84. The van der Waals surface area contributed by atoms with Gasteiger partial charge in [-0.05, 0) is 37.6 Å². The van der Waals surface area contributed by atoms with Gasteiger partial charge >= 0.3 is 5.97 Å². The molecule has 0 aromatic heterocycles. The van der Waals surface area contributed by atoms with Crippen LogP contribution in [0.2, 0.25) is 0 Å². The minimum atomic E-state index is -3.52. The zero-order valence-electron chi connectivity index (χ0n) is 13.5. The minimum Gasteiger partial charge on any atom is -0.465 e. The smallest absolute Gasteiger partial charge is 0.337 e. The van der Waals surface area contributed by atoms with E-state index in [4.69, 9.17) is 0 Å². The van der Waals surface area contributed by atoms with Gasteiger partial charge in [-0.25, -0.2) is 13.2 Å². The number of carbonyl (C=O) groups excluding carboxylic acids is 2. The number of halogens is 1. The van der Waals surface area contributed by atoms with Gasteiger partial charge in [0.15, 0.2) is 9.84 Å². The summed E-state index contributed by atoms with van der Waals surface area (Å²) < 4.78 is 28.1. The van der Waals surface area contributed by atoms with Gasteiger partial charge in [0.05, 0.1) is 23.5 Å². The van der Waals surface area contributed by atoms with Gasteiger partial charge in [0.2, 0.25) is 5.91 Å². The maximum atomic E-state index is 12.3. The average Bonchev–Trinajstić information content (AvgIpc) is 2.53. The molecule has 0 aliphatic carbocycles. The number of piperidine rings is 1. The summed E-state index contributed by atoms with van der Waals surface area (Å²) in [4.78, 5) is 23.9. The van der Waals surface area contributed by atoms with Gasteiger partial charge in [-0.1, -0.05) is 0 Å². The maximum Gasteiger partial charge on any atom is 0.337 e. The standard InChI is InChI=1S/C15H20N2O5S.ClH/c1-22-15(19)11-6-12(8-13(7-11)23(2,20)21)17-14(18)10-4-3-5-16-9-10;/h6-8,10,16H,3-5,9H2,1-2H3,(H,17,18);1H. The van der Waals surface area contributed by atoms with Gasteiger partial charge in [0.1, 0.15) is 0 Å². The third-order valence-corrected chi connectivity index (χ3v) is 4.78. The number of carbonyl (C=O) groups is 2. The minimum absolute atomic E-state index is 0. The molecule has 2 N–H and O–H groups in total. The topological polar surface area (TPSA) is 102 Å². The van der Waals surface area contributed by atoms with Crippen LogP contribution >= 0.6 is 12.4 Å². The molecule has 9 heteroatoms. The Morgan fingerprint density at radius 3 is 2.54 bits per heavy atom. The van der Waals surface area contributed by atoms with Crippen LogP contribution in [0.3, 0.4) is 0 Å². The predicted octanol–water partition coefficient (Wildman–Crippen LogP) is 1.24. The third-order valence-electron chi connectivity index (χ3n) is 3.69. The molecule has 1 unspecified atom stereocenters. The highest BCUT2D eigenvalue weighted by atomic mass is 35.5. The summed E-state index contributed by atoms with van der Waals surface area (Å²) in [7, 11) is -2.31. The van der Waals surface area contributed by atoms with Crippen molar-refractivity contribution in [3.8, 4) is 0 Å². The molecule has 0 saturated carbocycles. The molecule has 134 valence electrons. The molecule has 0 bridgehead atoms. The maximum absolute atomic E-state index is 12.3. The molecule has 1 atom stereocenters. The van der Waals surface area contributed by atoms with Crippen molar-refractivity contribution >= 4 is 39.8 Å². The number of sulfone groups is 1. The molecule has 2 rings (SSSR count). The molecular weight excluding hydrogens is 356 g/mol. The van der Waals surface area contributed by atoms with Crippen molar-refractivity contribution in [2.75, 3.05) is 31.8 Å². The van der Waals surface area contributed by atoms with E-state index in [2.05, 4.69) is 15.4 Å². The summed E-state index contributed by atoms with van der Waals surface area (Å²) >= 11 is 0. The van der Waals surface area contributed by atoms with Gasteiger partial charge in [-0.2, -0.15) is 0 Å². The van der Waals surface area contributed by atoms with E-state index in [9.17, 15) is 18.0 Å². The highest BCUT2D eigenvalue weighted by molar-refractivity contribution is 7.90. The molecule has 1 heterocycles. The number of methoxy groups -OCH3 is 1. The first kappa shape index (κ1) is 20.4. The number of nitrogens with one attached hydrogen (secondary N) is 2. The van der Waals surface area contributed by atoms with Crippen molar-refractivity contribution in [1.29, 1.82) is 0 Å². The SMILES string of the molecule is COC(=O)c1cc(NC(=O)C2CCCNC2)cc(S(C)(=O)=O)c1.Cl. The summed E-state index contributed by atoms with van der Waals surface area (Å²) in [5.74, 6) is -1.03. The fraction of sp³-hybridized carbons (Fsp3) is 0.467. The molecule has 1 fully saturated rings. The van der Waals surface area contributed by atoms with Crippen molar-refractivity contribution in [3.05, 3.63) is 23.8 Å². The van der Waals surface area contributed by atoms with Crippen LogP contribution in [0.15, 0.2) is 23.1 Å². The van der Waals surface area contributed by atoms with Crippen molar-refractivity contribution < 1.29 is 22.7 Å². The number of anilines is 1. The summed E-state index contributed by atoms with van der Waals surface area (Å²) in [6, 6.07) is 3.99. The molecule has 1 aliphatic heterocycles. The first-order chi connectivity index (χ1) is 10.8. The molecule has 1 saturated heterocycles. The van der Waals surface area contributed by atoms with Gasteiger partial charge in [0, 0.05) is 18.5 Å². The number of hydrogen-bond donors (Lipinski definition) is 2. The van der Waals surface area contributed by atoms with Crippen LogP contribution in [0.25, 0.3) is 0 Å². The first-order valence-corrected chi connectivity index (χ1v) is 9.15. The predicted molar refractivity (Wildman–Crippen MR) is 92.4 cm³/mol. The van der Waals surface area contributed by atoms with E-state index in [-0.39, 0.29) is 40.4 Å². The summed E-state index contributed by atoms with van der Waals surface area (Å²) in [6.07, 6.45) is 2.73. The first-order valence-electron chi connectivity index (χ1n) is 7.26. The Kier molecular flexibility index (Phi) is 7.19. The van der Waals surface area contributed by atoms with E-state index in [1.54, 1.807) is 0 Å². The fourth-order valence-electron chi connectivity index (χ4n) is 2.44. The summed E-state index contributed by atoms with van der Waals surface area (Å²) in [6.45, 7) is 1.47. The normalized spacial score (nSPS) is 17.5. The Labute approximate surface area is 147 Å². The second-order valence-corrected chi connectivity index (χ2v) is 7.56. The quantitative estimate of drug-likeness (QED) is 0.766. The van der Waals surface area contributed by atoms with E-state index in [1.165, 1.54) is 25.3 Å². The molecule has 24 heavy (non-hydrogen) atoms. The Balaban J connectivity index is 0.00000288. The highest BCUT2D eigenvalue weighted by Gasteiger charge is 2.22. The zero-order chi connectivity index (χ0) is 17.0. The van der Waals surface area contributed by atoms with Crippen molar-refractivity contribution in [2.24, 2.45) is 5.92 Å². The van der Waals surface area contributed by atoms with Gasteiger partial charge in [0.25, 0.3) is 0 Å². The molecule has 1 aromatic carbocycles. The highest BCUT2D eigenvalue weighted by Crippen LogP contribution is 2.21. The van der Waals surface area contributed by atoms with Crippen molar-refractivity contribution in [1.82, 2.24) is 5.32 Å². The van der Waals surface area contributed by atoms with Gasteiger partial charge in [-0.3, -0.25) is 4.79 Å². The molecule has 7 nitrogen and oxygen atoms in total. The monoisotopic (exact) mass is 376 g/mol. The number of amides is 1. The second kappa shape index (κ2) is 8.46. The molecule has 0 radical (unpaired) electrons. The molecule has 0 spiro atoms. The van der Waals surface area contributed by atoms with Crippen molar-refractivity contribution in [3.63, 3.8) is 0 Å². The number of benzene rings is 1. The Morgan fingerprint density at radius 2 is 2.00 bits per heavy atom. The van der Waals surface area contributed by atoms with E-state index in [1.807, 2.05) is 0 Å². The van der Waals surface area contributed by atoms with Crippen LogP contribution in [0.1, 0.15) is 23.2 Å². The second-order valence-electron chi connectivity index (χ2n) is 5.54. The molecule has 1 amide bonds. The lowest BCUT2D eigenvalue weighted by atomic mass is 9.99. The van der Waals surface area contributed by atoms with Gasteiger partial charge < -0.3 is 15.4 Å². The van der Waals surface area contributed by atoms with Crippen LogP contribution in [-0.4, -0.2) is 46.7 Å².